The van der Waals surface area contributed by atoms with Crippen molar-refractivity contribution < 1.29 is 19.1 Å². The number of thioether (sulfide) groups is 1. The van der Waals surface area contributed by atoms with Crippen molar-refractivity contribution in [3.8, 4) is 11.4 Å². The number of thiophene rings is 1. The first kappa shape index (κ1) is 27.6. The second-order valence-electron chi connectivity index (χ2n) is 7.73. The lowest BCUT2D eigenvalue weighted by molar-refractivity contribution is -0.113. The number of nitrogens with one attached hydrogen (secondary N) is 3. The number of carbonyl (C=O) groups is 3. The first-order chi connectivity index (χ1) is 18.3. The molecule has 4 rings (SSSR count). The topological polar surface area (TPSA) is 126 Å². The molecule has 9 nitrogen and oxygen atoms in total. The van der Waals surface area contributed by atoms with Gasteiger partial charge in [0.15, 0.2) is 5.82 Å². The van der Waals surface area contributed by atoms with Gasteiger partial charge in [-0.1, -0.05) is 53.2 Å². The molecule has 2 aromatic heterocycles. The lowest BCUT2D eigenvalue weighted by Gasteiger charge is -2.08. The lowest BCUT2D eigenvalue weighted by Crippen LogP contribution is -2.18. The van der Waals surface area contributed by atoms with Gasteiger partial charge in [0, 0.05) is 16.3 Å². The molecule has 0 fully saturated rings. The number of aromatic amines is 1. The number of esters is 1. The molecule has 0 saturated heterocycles. The maximum Gasteiger partial charge on any atom is 0.348 e. The number of rotatable bonds is 9. The van der Waals surface area contributed by atoms with Gasteiger partial charge in [0.1, 0.15) is 9.88 Å². The predicted octanol–water partition coefficient (Wildman–Crippen LogP) is 6.31. The molecule has 0 aliphatic heterocycles. The van der Waals surface area contributed by atoms with E-state index in [1.165, 1.54) is 0 Å². The first-order valence-corrected chi connectivity index (χ1v) is 13.8. The Bertz CT molecular complexity index is 1490. The average Bonchev–Trinajstić information content (AvgIpc) is 3.48. The van der Waals surface area contributed by atoms with Gasteiger partial charge >= 0.3 is 5.97 Å². The number of hydrogen-bond acceptors (Lipinski definition) is 8. The Labute approximate surface area is 236 Å². The number of para-hydroxylation sites is 1. The van der Waals surface area contributed by atoms with Crippen molar-refractivity contribution in [3.63, 3.8) is 0 Å². The zero-order valence-corrected chi connectivity index (χ0v) is 23.3. The van der Waals surface area contributed by atoms with E-state index in [4.69, 9.17) is 27.9 Å². The van der Waals surface area contributed by atoms with E-state index in [1.54, 1.807) is 56.3 Å². The molecule has 0 spiro atoms. The molecular weight excluding hydrogens is 569 g/mol. The summed E-state index contributed by atoms with van der Waals surface area (Å²) in [5, 5.41) is 13.9. The van der Waals surface area contributed by atoms with E-state index in [2.05, 4.69) is 25.8 Å². The van der Waals surface area contributed by atoms with Crippen LogP contribution in [0.25, 0.3) is 11.4 Å². The second-order valence-corrected chi connectivity index (χ2v) is 10.5. The van der Waals surface area contributed by atoms with Gasteiger partial charge in [-0.15, -0.1) is 16.4 Å². The number of hydrogen-bond donors (Lipinski definition) is 3. The van der Waals surface area contributed by atoms with Crippen LogP contribution in [0.3, 0.4) is 0 Å². The molecule has 0 saturated carbocycles. The van der Waals surface area contributed by atoms with E-state index >= 15 is 0 Å². The number of aromatic nitrogens is 3. The molecule has 2 aromatic carbocycles. The standard InChI is InChI=1S/C25H21Cl2N5O4S2/c1-3-36-24(35)20-13(2)19(22(34)28-15-7-5-4-6-8-15)23(38-20)29-18(33)12-37-25-30-21(31-32-25)16-10-9-14(26)11-17(16)27/h4-11H,3,12H2,1-2H3,(H,28,34)(H,29,33)(H,30,31,32). The van der Waals surface area contributed by atoms with Crippen LogP contribution in [0.2, 0.25) is 10.0 Å². The SMILES string of the molecule is CCOC(=O)c1sc(NC(=O)CSc2n[nH]c(-c3ccc(Cl)cc3Cl)n2)c(C(=O)Nc2ccccc2)c1C. The van der Waals surface area contributed by atoms with Gasteiger partial charge in [-0.05, 0) is 49.7 Å². The van der Waals surface area contributed by atoms with Crippen molar-refractivity contribution in [2.24, 2.45) is 0 Å². The van der Waals surface area contributed by atoms with Gasteiger partial charge in [-0.25, -0.2) is 9.78 Å². The average molecular weight is 591 g/mol. The molecule has 0 bridgehead atoms. The minimum Gasteiger partial charge on any atom is -0.462 e. The monoisotopic (exact) mass is 589 g/mol. The summed E-state index contributed by atoms with van der Waals surface area (Å²) in [7, 11) is 0. The molecule has 2 heterocycles. The molecule has 0 atom stereocenters. The third-order valence-electron chi connectivity index (χ3n) is 5.10. The molecular formula is C25H21Cl2N5O4S2. The normalized spacial score (nSPS) is 10.7. The van der Waals surface area contributed by atoms with Crippen LogP contribution in [-0.4, -0.2) is 45.3 Å². The molecule has 3 N–H and O–H groups in total. The van der Waals surface area contributed by atoms with Gasteiger partial charge in [0.05, 0.1) is 22.9 Å². The zero-order valence-electron chi connectivity index (χ0n) is 20.1. The number of amides is 2. The number of H-pyrrole nitrogens is 1. The maximum absolute atomic E-state index is 13.1. The van der Waals surface area contributed by atoms with Gasteiger partial charge in [-0.2, -0.15) is 0 Å². The molecule has 0 aliphatic rings. The van der Waals surface area contributed by atoms with Crippen molar-refractivity contribution >= 4 is 74.8 Å². The Hall–Kier alpha value is -3.38. The van der Waals surface area contributed by atoms with E-state index in [1.807, 2.05) is 6.07 Å². The highest BCUT2D eigenvalue weighted by Crippen LogP contribution is 2.35. The van der Waals surface area contributed by atoms with Crippen LogP contribution < -0.4 is 10.6 Å². The maximum atomic E-state index is 13.1. The van der Waals surface area contributed by atoms with E-state index in [0.717, 1.165) is 23.1 Å². The minimum atomic E-state index is -0.562. The third-order valence-corrected chi connectivity index (χ3v) is 7.69. The molecule has 196 valence electrons. The van der Waals surface area contributed by atoms with E-state index in [-0.39, 0.29) is 27.8 Å². The van der Waals surface area contributed by atoms with Gasteiger partial charge in [0.2, 0.25) is 11.1 Å². The molecule has 4 aromatic rings. The number of anilines is 2. The quantitative estimate of drug-likeness (QED) is 0.154. The van der Waals surface area contributed by atoms with Gasteiger partial charge < -0.3 is 15.4 Å². The lowest BCUT2D eigenvalue weighted by atomic mass is 10.1. The first-order valence-electron chi connectivity index (χ1n) is 11.2. The van der Waals surface area contributed by atoms with Gasteiger partial charge in [0.25, 0.3) is 5.91 Å². The van der Waals surface area contributed by atoms with Crippen molar-refractivity contribution in [1.82, 2.24) is 15.2 Å². The van der Waals surface area contributed by atoms with Crippen LogP contribution in [-0.2, 0) is 9.53 Å². The van der Waals surface area contributed by atoms with Crippen LogP contribution in [0, 0.1) is 6.92 Å². The highest BCUT2D eigenvalue weighted by atomic mass is 35.5. The summed E-state index contributed by atoms with van der Waals surface area (Å²) in [5.74, 6) is -1.04. The predicted molar refractivity (Wildman–Crippen MR) is 151 cm³/mol. The van der Waals surface area contributed by atoms with Crippen LogP contribution in [0.1, 0.15) is 32.5 Å². The molecule has 0 radical (unpaired) electrons. The Morgan fingerprint density at radius 2 is 1.87 bits per heavy atom. The van der Waals surface area contributed by atoms with Crippen LogP contribution in [0.5, 0.6) is 0 Å². The van der Waals surface area contributed by atoms with Crippen molar-refractivity contribution in [1.29, 1.82) is 0 Å². The zero-order chi connectivity index (χ0) is 27.2. The number of carbonyl (C=O) groups excluding carboxylic acids is 3. The van der Waals surface area contributed by atoms with E-state index in [0.29, 0.717) is 37.8 Å². The van der Waals surface area contributed by atoms with Crippen molar-refractivity contribution in [2.75, 3.05) is 23.0 Å². The number of halogens is 2. The molecule has 0 aliphatic carbocycles. The highest BCUT2D eigenvalue weighted by Gasteiger charge is 2.26. The molecule has 38 heavy (non-hydrogen) atoms. The minimum absolute atomic E-state index is 0.0446. The summed E-state index contributed by atoms with van der Waals surface area (Å²) in [5.41, 5.74) is 1.81. The number of benzene rings is 2. The van der Waals surface area contributed by atoms with Crippen LogP contribution in [0.4, 0.5) is 10.7 Å². The smallest absolute Gasteiger partial charge is 0.348 e. The summed E-state index contributed by atoms with van der Waals surface area (Å²) in [4.78, 5) is 43.1. The Kier molecular flexibility index (Phi) is 9.05. The highest BCUT2D eigenvalue weighted by molar-refractivity contribution is 7.99. The third kappa shape index (κ3) is 6.54. The van der Waals surface area contributed by atoms with Crippen molar-refractivity contribution in [3.05, 3.63) is 74.6 Å². The fourth-order valence-electron chi connectivity index (χ4n) is 3.39. The summed E-state index contributed by atoms with van der Waals surface area (Å²) in [6.45, 7) is 3.52. The van der Waals surface area contributed by atoms with Crippen LogP contribution >= 0.6 is 46.3 Å². The second kappa shape index (κ2) is 12.4. The fourth-order valence-corrected chi connectivity index (χ4v) is 5.60. The number of ether oxygens (including phenoxy) is 1. The van der Waals surface area contributed by atoms with E-state index in [9.17, 15) is 14.4 Å². The molecule has 13 heteroatoms. The van der Waals surface area contributed by atoms with E-state index < -0.39 is 17.8 Å². The Balaban J connectivity index is 1.49. The number of nitrogens with zero attached hydrogens (tertiary/aromatic N) is 2. The van der Waals surface area contributed by atoms with Gasteiger partial charge in [-0.3, -0.25) is 14.7 Å². The molecule has 2 amide bonds. The summed E-state index contributed by atoms with van der Waals surface area (Å²) < 4.78 is 5.13. The largest absolute Gasteiger partial charge is 0.462 e. The summed E-state index contributed by atoms with van der Waals surface area (Å²) in [6.07, 6.45) is 0. The Morgan fingerprint density at radius 3 is 2.58 bits per heavy atom. The van der Waals surface area contributed by atoms with Crippen LogP contribution in [0.15, 0.2) is 53.7 Å². The molecule has 0 unspecified atom stereocenters. The summed E-state index contributed by atoms with van der Waals surface area (Å²) in [6, 6.07) is 13.9. The summed E-state index contributed by atoms with van der Waals surface area (Å²) >= 11 is 14.3. The Morgan fingerprint density at radius 1 is 1.11 bits per heavy atom. The van der Waals surface area contributed by atoms with Crippen molar-refractivity contribution in [2.45, 2.75) is 19.0 Å². The fraction of sp³-hybridized carbons (Fsp3) is 0.160.